The number of phenolic OH excluding ortho intramolecular Hbond substituents is 1. The Hall–Kier alpha value is -1.82. The number of halogens is 2. The van der Waals surface area contributed by atoms with Gasteiger partial charge in [-0.3, -0.25) is 10.1 Å². The number of benzene rings is 2. The maximum atomic E-state index is 12.2. The first-order chi connectivity index (χ1) is 11.6. The van der Waals surface area contributed by atoms with Crippen LogP contribution in [0.2, 0.25) is 10.0 Å². The van der Waals surface area contributed by atoms with Gasteiger partial charge in [0.1, 0.15) is 0 Å². The second-order valence-electron chi connectivity index (χ2n) is 6.52. The second-order valence-corrected chi connectivity index (χ2v) is 7.77. The highest BCUT2D eigenvalue weighted by Crippen LogP contribution is 2.37. The molecule has 0 fully saturated rings. The van der Waals surface area contributed by atoms with Crippen LogP contribution < -0.4 is 10.6 Å². The lowest BCUT2D eigenvalue weighted by Gasteiger charge is -2.21. The second kappa shape index (κ2) is 7.60. The molecule has 0 spiro atoms. The summed E-state index contributed by atoms with van der Waals surface area (Å²) >= 11 is 17.0. The van der Waals surface area contributed by atoms with Crippen molar-refractivity contribution in [3.05, 3.63) is 57.6 Å². The van der Waals surface area contributed by atoms with E-state index in [0.29, 0.717) is 16.3 Å². The minimum absolute atomic E-state index is 0.0531. The molecule has 2 aromatic rings. The standard InChI is InChI=1S/C18H18Cl2N2O2S/c1-18(2,3)11-8-13(20)15(23)14(9-11)21-17(25)22-16(24)10-4-6-12(19)7-5-10/h4-9,23H,1-3H3,(H2,21,22,24,25). The number of thiocarbonyl (C=S) groups is 1. The van der Waals surface area contributed by atoms with Crippen LogP contribution in [0, 0.1) is 0 Å². The zero-order valence-corrected chi connectivity index (χ0v) is 16.3. The summed E-state index contributed by atoms with van der Waals surface area (Å²) in [6, 6.07) is 9.87. The fraction of sp³-hybridized carbons (Fsp3) is 0.222. The number of amides is 1. The van der Waals surface area contributed by atoms with Crippen LogP contribution in [0.1, 0.15) is 36.7 Å². The third-order valence-electron chi connectivity index (χ3n) is 3.51. The quantitative estimate of drug-likeness (QED) is 0.486. The van der Waals surface area contributed by atoms with E-state index in [-0.39, 0.29) is 27.2 Å². The van der Waals surface area contributed by atoms with Crippen LogP contribution in [0.25, 0.3) is 0 Å². The molecule has 7 heteroatoms. The van der Waals surface area contributed by atoms with Crippen molar-refractivity contribution >= 4 is 52.1 Å². The molecule has 4 nitrogen and oxygen atoms in total. The molecule has 0 aliphatic carbocycles. The van der Waals surface area contributed by atoms with Crippen LogP contribution in [-0.2, 0) is 5.41 Å². The van der Waals surface area contributed by atoms with Gasteiger partial charge in [-0.2, -0.15) is 0 Å². The van der Waals surface area contributed by atoms with Gasteiger partial charge in [0.25, 0.3) is 5.91 Å². The Labute approximate surface area is 162 Å². The molecule has 0 atom stereocenters. The van der Waals surface area contributed by atoms with E-state index < -0.39 is 0 Å². The molecule has 0 saturated heterocycles. The van der Waals surface area contributed by atoms with E-state index in [9.17, 15) is 9.90 Å². The first kappa shape index (κ1) is 19.5. The van der Waals surface area contributed by atoms with Gasteiger partial charge in [-0.15, -0.1) is 0 Å². The van der Waals surface area contributed by atoms with Gasteiger partial charge in [-0.05, 0) is 59.6 Å². The molecule has 0 saturated carbocycles. The van der Waals surface area contributed by atoms with Gasteiger partial charge in [-0.1, -0.05) is 44.0 Å². The van der Waals surface area contributed by atoms with Crippen molar-refractivity contribution in [2.45, 2.75) is 26.2 Å². The summed E-state index contributed by atoms with van der Waals surface area (Å²) in [7, 11) is 0. The molecule has 0 bridgehead atoms. The molecule has 2 aromatic carbocycles. The van der Waals surface area contributed by atoms with Gasteiger partial charge in [-0.25, -0.2) is 0 Å². The minimum atomic E-state index is -0.383. The maximum Gasteiger partial charge on any atom is 0.257 e. The number of nitrogens with one attached hydrogen (secondary N) is 2. The summed E-state index contributed by atoms with van der Waals surface area (Å²) in [5.74, 6) is -0.510. The lowest BCUT2D eigenvalue weighted by molar-refractivity contribution is 0.0977. The summed E-state index contributed by atoms with van der Waals surface area (Å²) < 4.78 is 0. The van der Waals surface area contributed by atoms with E-state index in [1.54, 1.807) is 36.4 Å². The van der Waals surface area contributed by atoms with Gasteiger partial charge in [0.05, 0.1) is 10.7 Å². The summed E-state index contributed by atoms with van der Waals surface area (Å²) in [6.07, 6.45) is 0. The molecule has 0 unspecified atom stereocenters. The Bertz CT molecular complexity index is 815. The van der Waals surface area contributed by atoms with E-state index in [2.05, 4.69) is 10.6 Å². The number of carbonyl (C=O) groups excluding carboxylic acids is 1. The average molecular weight is 397 g/mol. The van der Waals surface area contributed by atoms with Crippen molar-refractivity contribution in [2.24, 2.45) is 0 Å². The Morgan fingerprint density at radius 3 is 2.28 bits per heavy atom. The van der Waals surface area contributed by atoms with Crippen LogP contribution >= 0.6 is 35.4 Å². The number of hydrogen-bond acceptors (Lipinski definition) is 3. The third kappa shape index (κ3) is 5.08. The Kier molecular flexibility index (Phi) is 5.93. The Balaban J connectivity index is 2.16. The first-order valence-corrected chi connectivity index (χ1v) is 8.65. The topological polar surface area (TPSA) is 61.4 Å². The van der Waals surface area contributed by atoms with Crippen LogP contribution in [0.15, 0.2) is 36.4 Å². The lowest BCUT2D eigenvalue weighted by Crippen LogP contribution is -2.34. The zero-order chi connectivity index (χ0) is 18.8. The predicted molar refractivity (Wildman–Crippen MR) is 107 cm³/mol. The normalized spacial score (nSPS) is 11.1. The Morgan fingerprint density at radius 2 is 1.72 bits per heavy atom. The SMILES string of the molecule is CC(C)(C)c1cc(Cl)c(O)c(NC(=S)NC(=O)c2ccc(Cl)cc2)c1. The predicted octanol–water partition coefficient (Wildman–Crippen LogP) is 5.12. The molecule has 3 N–H and O–H groups in total. The fourth-order valence-electron chi connectivity index (χ4n) is 2.06. The van der Waals surface area contributed by atoms with Gasteiger partial charge in [0.2, 0.25) is 0 Å². The highest BCUT2D eigenvalue weighted by Gasteiger charge is 2.19. The van der Waals surface area contributed by atoms with Crippen molar-refractivity contribution < 1.29 is 9.90 Å². The average Bonchev–Trinajstić information content (AvgIpc) is 2.51. The summed E-state index contributed by atoms with van der Waals surface area (Å²) in [5, 5.41) is 16.3. The monoisotopic (exact) mass is 396 g/mol. The van der Waals surface area contributed by atoms with E-state index in [0.717, 1.165) is 5.56 Å². The lowest BCUT2D eigenvalue weighted by atomic mass is 9.87. The minimum Gasteiger partial charge on any atom is -0.504 e. The molecule has 0 aromatic heterocycles. The molecule has 0 aliphatic heterocycles. The zero-order valence-electron chi connectivity index (χ0n) is 14.0. The Morgan fingerprint density at radius 1 is 1.12 bits per heavy atom. The summed E-state index contributed by atoms with van der Waals surface area (Å²) in [6.45, 7) is 6.08. The van der Waals surface area contributed by atoms with Crippen molar-refractivity contribution in [2.75, 3.05) is 5.32 Å². The molecule has 132 valence electrons. The van der Waals surface area contributed by atoms with Crippen molar-refractivity contribution in [3.8, 4) is 5.75 Å². The van der Waals surface area contributed by atoms with Crippen LogP contribution in [0.5, 0.6) is 5.75 Å². The number of anilines is 1. The molecular formula is C18H18Cl2N2O2S. The number of rotatable bonds is 2. The summed E-state index contributed by atoms with van der Waals surface area (Å²) in [5.41, 5.74) is 1.50. The molecule has 0 heterocycles. The summed E-state index contributed by atoms with van der Waals surface area (Å²) in [4.78, 5) is 12.2. The highest BCUT2D eigenvalue weighted by molar-refractivity contribution is 7.80. The molecule has 0 aliphatic rings. The molecule has 2 rings (SSSR count). The van der Waals surface area contributed by atoms with Crippen molar-refractivity contribution in [3.63, 3.8) is 0 Å². The van der Waals surface area contributed by atoms with Crippen molar-refractivity contribution in [1.82, 2.24) is 5.32 Å². The number of hydrogen-bond donors (Lipinski definition) is 3. The smallest absolute Gasteiger partial charge is 0.257 e. The van der Waals surface area contributed by atoms with E-state index >= 15 is 0 Å². The molecule has 1 amide bonds. The third-order valence-corrected chi connectivity index (χ3v) is 4.26. The number of phenols is 1. The fourth-order valence-corrected chi connectivity index (χ4v) is 2.61. The number of carbonyl (C=O) groups is 1. The van der Waals surface area contributed by atoms with Gasteiger partial charge >= 0.3 is 0 Å². The van der Waals surface area contributed by atoms with Crippen LogP contribution in [-0.4, -0.2) is 16.1 Å². The van der Waals surface area contributed by atoms with E-state index in [1.807, 2.05) is 20.8 Å². The van der Waals surface area contributed by atoms with Gasteiger partial charge < -0.3 is 10.4 Å². The molecule has 0 radical (unpaired) electrons. The largest absolute Gasteiger partial charge is 0.504 e. The van der Waals surface area contributed by atoms with Crippen molar-refractivity contribution in [1.29, 1.82) is 0 Å². The number of aromatic hydroxyl groups is 1. The first-order valence-electron chi connectivity index (χ1n) is 7.49. The highest BCUT2D eigenvalue weighted by atomic mass is 35.5. The maximum absolute atomic E-state index is 12.2. The van der Waals surface area contributed by atoms with E-state index in [4.69, 9.17) is 35.4 Å². The van der Waals surface area contributed by atoms with Crippen LogP contribution in [0.4, 0.5) is 5.69 Å². The molecule has 25 heavy (non-hydrogen) atoms. The van der Waals surface area contributed by atoms with Gasteiger partial charge in [0, 0.05) is 10.6 Å². The van der Waals surface area contributed by atoms with Gasteiger partial charge in [0.15, 0.2) is 10.9 Å². The molecular weight excluding hydrogens is 379 g/mol. The van der Waals surface area contributed by atoms with Crippen LogP contribution in [0.3, 0.4) is 0 Å². The van der Waals surface area contributed by atoms with E-state index in [1.165, 1.54) is 0 Å².